The van der Waals surface area contributed by atoms with Crippen LogP contribution >= 0.6 is 0 Å². The van der Waals surface area contributed by atoms with Crippen LogP contribution < -0.4 is 10.8 Å². The maximum absolute atomic E-state index is 10.8. The molecule has 58 valence electrons. The molecule has 0 bridgehead atoms. The van der Waals surface area contributed by atoms with Gasteiger partial charge in [-0.3, -0.25) is 9.63 Å². The molecule has 1 fully saturated rings. The summed E-state index contributed by atoms with van der Waals surface area (Å²) in [5, 5.41) is 3.09. The summed E-state index contributed by atoms with van der Waals surface area (Å²) in [5.41, 5.74) is 2.28. The summed E-state index contributed by atoms with van der Waals surface area (Å²) in [6.45, 7) is 1.91. The second kappa shape index (κ2) is 3.53. The van der Waals surface area contributed by atoms with Crippen molar-refractivity contribution in [2.75, 3.05) is 20.2 Å². The normalized spacial score (nSPS) is 18.1. The van der Waals surface area contributed by atoms with Gasteiger partial charge in [0, 0.05) is 6.42 Å². The SMILES string of the molecule is CONC(=O)CC1CNC1. The highest BCUT2D eigenvalue weighted by Gasteiger charge is 2.19. The first-order chi connectivity index (χ1) is 4.83. The molecule has 4 nitrogen and oxygen atoms in total. The van der Waals surface area contributed by atoms with Crippen molar-refractivity contribution in [2.45, 2.75) is 6.42 Å². The van der Waals surface area contributed by atoms with E-state index in [0.29, 0.717) is 12.3 Å². The van der Waals surface area contributed by atoms with Gasteiger partial charge < -0.3 is 5.32 Å². The third-order valence-electron chi connectivity index (χ3n) is 1.56. The lowest BCUT2D eigenvalue weighted by molar-refractivity contribution is -0.132. The van der Waals surface area contributed by atoms with Crippen LogP contribution in [0.1, 0.15) is 6.42 Å². The standard InChI is InChI=1S/C6H12N2O2/c1-10-8-6(9)2-5-3-7-4-5/h5,7H,2-4H2,1H3,(H,8,9). The zero-order valence-corrected chi connectivity index (χ0v) is 6.02. The summed E-state index contributed by atoms with van der Waals surface area (Å²) in [4.78, 5) is 15.2. The van der Waals surface area contributed by atoms with Crippen LogP contribution in [0.15, 0.2) is 0 Å². The van der Waals surface area contributed by atoms with Crippen molar-refractivity contribution >= 4 is 5.91 Å². The molecule has 1 amide bonds. The quantitative estimate of drug-likeness (QED) is 0.514. The minimum Gasteiger partial charge on any atom is -0.316 e. The summed E-state index contributed by atoms with van der Waals surface area (Å²) in [6.07, 6.45) is 0.570. The van der Waals surface area contributed by atoms with Gasteiger partial charge in [0.05, 0.1) is 7.11 Å². The Labute approximate surface area is 59.9 Å². The van der Waals surface area contributed by atoms with Crippen LogP contribution in [0.25, 0.3) is 0 Å². The van der Waals surface area contributed by atoms with Gasteiger partial charge in [-0.05, 0) is 19.0 Å². The average Bonchev–Trinajstić information content (AvgIpc) is 1.80. The molecule has 1 rings (SSSR count). The second-order valence-corrected chi connectivity index (χ2v) is 2.46. The van der Waals surface area contributed by atoms with Crippen molar-refractivity contribution in [3.05, 3.63) is 0 Å². The van der Waals surface area contributed by atoms with E-state index >= 15 is 0 Å². The van der Waals surface area contributed by atoms with E-state index in [0.717, 1.165) is 13.1 Å². The molecule has 0 aromatic heterocycles. The minimum absolute atomic E-state index is 0.0333. The van der Waals surface area contributed by atoms with E-state index in [4.69, 9.17) is 0 Å². The minimum atomic E-state index is -0.0333. The fraction of sp³-hybridized carbons (Fsp3) is 0.833. The van der Waals surface area contributed by atoms with E-state index in [-0.39, 0.29) is 5.91 Å². The summed E-state index contributed by atoms with van der Waals surface area (Å²) < 4.78 is 0. The topological polar surface area (TPSA) is 50.4 Å². The Hall–Kier alpha value is -0.610. The lowest BCUT2D eigenvalue weighted by atomic mass is 9.99. The van der Waals surface area contributed by atoms with Gasteiger partial charge in [0.15, 0.2) is 0 Å². The Balaban J connectivity index is 2.05. The molecule has 1 saturated heterocycles. The lowest BCUT2D eigenvalue weighted by Crippen LogP contribution is -2.44. The first kappa shape index (κ1) is 7.50. The summed E-state index contributed by atoms with van der Waals surface area (Å²) in [5.74, 6) is 0.476. The highest BCUT2D eigenvalue weighted by Crippen LogP contribution is 2.06. The average molecular weight is 144 g/mol. The van der Waals surface area contributed by atoms with Crippen LogP contribution in [0.5, 0.6) is 0 Å². The molecule has 0 unspecified atom stereocenters. The molecule has 1 heterocycles. The maximum atomic E-state index is 10.8. The van der Waals surface area contributed by atoms with E-state index in [1.165, 1.54) is 7.11 Å². The van der Waals surface area contributed by atoms with Gasteiger partial charge in [-0.2, -0.15) is 0 Å². The molecule has 4 heteroatoms. The summed E-state index contributed by atoms with van der Waals surface area (Å²) in [7, 11) is 1.44. The highest BCUT2D eigenvalue weighted by atomic mass is 16.6. The Morgan fingerprint density at radius 1 is 1.80 bits per heavy atom. The monoisotopic (exact) mass is 144 g/mol. The first-order valence-electron chi connectivity index (χ1n) is 3.35. The Bertz CT molecular complexity index is 123. The van der Waals surface area contributed by atoms with Crippen molar-refractivity contribution in [1.82, 2.24) is 10.8 Å². The van der Waals surface area contributed by atoms with Gasteiger partial charge >= 0.3 is 0 Å². The third kappa shape index (κ3) is 1.97. The van der Waals surface area contributed by atoms with E-state index in [9.17, 15) is 4.79 Å². The van der Waals surface area contributed by atoms with Crippen LogP contribution in [0.3, 0.4) is 0 Å². The van der Waals surface area contributed by atoms with Gasteiger partial charge in [0.25, 0.3) is 0 Å². The van der Waals surface area contributed by atoms with Crippen molar-refractivity contribution < 1.29 is 9.63 Å². The number of carbonyl (C=O) groups excluding carboxylic acids is 1. The van der Waals surface area contributed by atoms with Gasteiger partial charge in [0.1, 0.15) is 0 Å². The smallest absolute Gasteiger partial charge is 0.243 e. The zero-order chi connectivity index (χ0) is 7.40. The van der Waals surface area contributed by atoms with E-state index in [1.54, 1.807) is 0 Å². The molecule has 10 heavy (non-hydrogen) atoms. The maximum Gasteiger partial charge on any atom is 0.243 e. The Morgan fingerprint density at radius 2 is 2.50 bits per heavy atom. The Morgan fingerprint density at radius 3 is 2.90 bits per heavy atom. The van der Waals surface area contributed by atoms with Crippen molar-refractivity contribution in [1.29, 1.82) is 0 Å². The fourth-order valence-electron chi connectivity index (χ4n) is 0.910. The molecule has 1 aliphatic heterocycles. The zero-order valence-electron chi connectivity index (χ0n) is 6.02. The van der Waals surface area contributed by atoms with Crippen molar-refractivity contribution in [3.63, 3.8) is 0 Å². The van der Waals surface area contributed by atoms with Crippen LogP contribution in [0, 0.1) is 5.92 Å². The molecule has 0 aromatic rings. The van der Waals surface area contributed by atoms with E-state index in [1.807, 2.05) is 0 Å². The van der Waals surface area contributed by atoms with Crippen molar-refractivity contribution in [2.24, 2.45) is 5.92 Å². The molecule has 0 aromatic carbocycles. The lowest BCUT2D eigenvalue weighted by Gasteiger charge is -2.25. The predicted molar refractivity (Wildman–Crippen MR) is 36.1 cm³/mol. The molecular formula is C6H12N2O2. The molecule has 0 aliphatic carbocycles. The molecule has 0 radical (unpaired) electrons. The molecular weight excluding hydrogens is 132 g/mol. The van der Waals surface area contributed by atoms with Crippen LogP contribution in [-0.4, -0.2) is 26.1 Å². The van der Waals surface area contributed by atoms with Crippen molar-refractivity contribution in [3.8, 4) is 0 Å². The van der Waals surface area contributed by atoms with Gasteiger partial charge in [-0.1, -0.05) is 0 Å². The molecule has 0 atom stereocenters. The summed E-state index contributed by atoms with van der Waals surface area (Å²) in [6, 6.07) is 0. The van der Waals surface area contributed by atoms with E-state index < -0.39 is 0 Å². The highest BCUT2D eigenvalue weighted by molar-refractivity contribution is 5.75. The predicted octanol–water partition coefficient (Wildman–Crippen LogP) is -0.726. The first-order valence-corrected chi connectivity index (χ1v) is 3.35. The number of rotatable bonds is 3. The molecule has 0 saturated carbocycles. The number of nitrogens with one attached hydrogen (secondary N) is 2. The number of hydrogen-bond donors (Lipinski definition) is 2. The van der Waals surface area contributed by atoms with Gasteiger partial charge in [-0.25, -0.2) is 5.48 Å². The number of carbonyl (C=O) groups is 1. The van der Waals surface area contributed by atoms with Gasteiger partial charge in [-0.15, -0.1) is 0 Å². The molecule has 1 aliphatic rings. The number of hydroxylamine groups is 1. The van der Waals surface area contributed by atoms with E-state index in [2.05, 4.69) is 15.6 Å². The second-order valence-electron chi connectivity index (χ2n) is 2.46. The largest absolute Gasteiger partial charge is 0.316 e. The Kier molecular flexibility index (Phi) is 2.65. The van der Waals surface area contributed by atoms with Crippen LogP contribution in [0.2, 0.25) is 0 Å². The number of amides is 1. The van der Waals surface area contributed by atoms with Crippen LogP contribution in [-0.2, 0) is 9.63 Å². The van der Waals surface area contributed by atoms with Crippen LogP contribution in [0.4, 0.5) is 0 Å². The molecule has 2 N–H and O–H groups in total. The number of hydrogen-bond acceptors (Lipinski definition) is 3. The van der Waals surface area contributed by atoms with Gasteiger partial charge in [0.2, 0.25) is 5.91 Å². The molecule has 0 spiro atoms. The third-order valence-corrected chi connectivity index (χ3v) is 1.56. The fourth-order valence-corrected chi connectivity index (χ4v) is 0.910. The summed E-state index contributed by atoms with van der Waals surface area (Å²) >= 11 is 0.